The number of rotatable bonds is 5. The van der Waals surface area contributed by atoms with Gasteiger partial charge >= 0.3 is 0 Å². The molecule has 1 saturated heterocycles. The van der Waals surface area contributed by atoms with Crippen LogP contribution in [0.1, 0.15) is 57.9 Å². The van der Waals surface area contributed by atoms with Gasteiger partial charge < -0.3 is 5.32 Å². The summed E-state index contributed by atoms with van der Waals surface area (Å²) in [5.74, 6) is 0.222. The Labute approximate surface area is 162 Å². The van der Waals surface area contributed by atoms with E-state index in [1.165, 1.54) is 5.57 Å². The molecule has 0 spiro atoms. The Morgan fingerprint density at radius 2 is 1.81 bits per heavy atom. The van der Waals surface area contributed by atoms with Gasteiger partial charge in [-0.25, -0.2) is 0 Å². The molecule has 1 aromatic rings. The highest BCUT2D eigenvalue weighted by Gasteiger charge is 2.43. The van der Waals surface area contributed by atoms with Crippen LogP contribution in [-0.4, -0.2) is 36.5 Å². The fourth-order valence-corrected chi connectivity index (χ4v) is 4.42. The Morgan fingerprint density at radius 3 is 2.38 bits per heavy atom. The number of nitrogens with one attached hydrogen (secondary N) is 1. The molecule has 2 aliphatic rings. The molecule has 1 aliphatic carbocycles. The van der Waals surface area contributed by atoms with Crippen LogP contribution in [0.2, 0.25) is 5.02 Å². The minimum atomic E-state index is -0.357. The second-order valence-corrected chi connectivity index (χ2v) is 8.56. The standard InChI is InChI=1S/C22H31ClN2O/c1-17(2)9-14-25-15-10-20(11-16-25)24-21(26)22(12-3-4-13-22)18-5-7-19(23)8-6-18/h5-9,20H,3-4,10-16H2,1-2H3,(H,24,26). The first kappa shape index (κ1) is 19.4. The Morgan fingerprint density at radius 1 is 1.19 bits per heavy atom. The molecule has 0 radical (unpaired) electrons. The Balaban J connectivity index is 1.61. The van der Waals surface area contributed by atoms with Crippen molar-refractivity contribution in [3.63, 3.8) is 0 Å². The minimum Gasteiger partial charge on any atom is -0.353 e. The Kier molecular flexibility index (Phi) is 6.42. The van der Waals surface area contributed by atoms with E-state index in [4.69, 9.17) is 11.6 Å². The van der Waals surface area contributed by atoms with Crippen LogP contribution in [0, 0.1) is 0 Å². The third-order valence-corrected chi connectivity index (χ3v) is 6.22. The van der Waals surface area contributed by atoms with Crippen molar-refractivity contribution >= 4 is 17.5 Å². The molecule has 26 heavy (non-hydrogen) atoms. The number of allylic oxidation sites excluding steroid dienone is 1. The zero-order chi connectivity index (χ0) is 18.6. The van der Waals surface area contributed by atoms with E-state index in [0.717, 1.165) is 68.7 Å². The van der Waals surface area contributed by atoms with Crippen LogP contribution >= 0.6 is 11.6 Å². The van der Waals surface area contributed by atoms with Gasteiger partial charge in [0.15, 0.2) is 0 Å². The molecule has 1 heterocycles. The van der Waals surface area contributed by atoms with Crippen LogP contribution in [0.5, 0.6) is 0 Å². The predicted molar refractivity (Wildman–Crippen MR) is 109 cm³/mol. The lowest BCUT2D eigenvalue weighted by atomic mass is 9.77. The first-order valence-corrected chi connectivity index (χ1v) is 10.3. The summed E-state index contributed by atoms with van der Waals surface area (Å²) in [6.07, 6.45) is 8.50. The molecule has 0 bridgehead atoms. The smallest absolute Gasteiger partial charge is 0.230 e. The first-order chi connectivity index (χ1) is 12.5. The van der Waals surface area contributed by atoms with E-state index in [2.05, 4.69) is 30.1 Å². The van der Waals surface area contributed by atoms with Gasteiger partial charge in [0, 0.05) is 30.7 Å². The lowest BCUT2D eigenvalue weighted by molar-refractivity contribution is -0.127. The summed E-state index contributed by atoms with van der Waals surface area (Å²) in [6.45, 7) is 7.43. The van der Waals surface area contributed by atoms with Gasteiger partial charge in [0.1, 0.15) is 0 Å². The van der Waals surface area contributed by atoms with E-state index in [1.54, 1.807) is 0 Å². The van der Waals surface area contributed by atoms with Gasteiger partial charge in [-0.05, 0) is 57.2 Å². The lowest BCUT2D eigenvalue weighted by Crippen LogP contribution is -2.50. The first-order valence-electron chi connectivity index (χ1n) is 9.92. The van der Waals surface area contributed by atoms with Crippen molar-refractivity contribution in [1.82, 2.24) is 10.2 Å². The van der Waals surface area contributed by atoms with Crippen LogP contribution in [0.3, 0.4) is 0 Å². The second-order valence-electron chi connectivity index (χ2n) is 8.13. The average molecular weight is 375 g/mol. The molecule has 0 atom stereocenters. The number of likely N-dealkylation sites (tertiary alicyclic amines) is 1. The van der Waals surface area contributed by atoms with Crippen molar-refractivity contribution in [2.24, 2.45) is 0 Å². The molecule has 1 aromatic carbocycles. The van der Waals surface area contributed by atoms with Crippen molar-refractivity contribution in [3.8, 4) is 0 Å². The zero-order valence-corrected chi connectivity index (χ0v) is 16.8. The molecule has 1 saturated carbocycles. The normalized spacial score (nSPS) is 20.7. The zero-order valence-electron chi connectivity index (χ0n) is 16.1. The van der Waals surface area contributed by atoms with Gasteiger partial charge in [0.25, 0.3) is 0 Å². The third kappa shape index (κ3) is 4.50. The molecule has 3 nitrogen and oxygen atoms in total. The van der Waals surface area contributed by atoms with Crippen LogP contribution in [0.4, 0.5) is 0 Å². The van der Waals surface area contributed by atoms with Gasteiger partial charge in [-0.15, -0.1) is 0 Å². The van der Waals surface area contributed by atoms with Gasteiger partial charge in [-0.1, -0.05) is 48.2 Å². The van der Waals surface area contributed by atoms with Crippen LogP contribution in [0.15, 0.2) is 35.9 Å². The lowest BCUT2D eigenvalue weighted by Gasteiger charge is -2.35. The second kappa shape index (κ2) is 8.58. The van der Waals surface area contributed by atoms with E-state index in [-0.39, 0.29) is 11.3 Å². The number of amides is 1. The number of hydrogen-bond donors (Lipinski definition) is 1. The van der Waals surface area contributed by atoms with E-state index >= 15 is 0 Å². The van der Waals surface area contributed by atoms with Crippen LogP contribution < -0.4 is 5.32 Å². The molecule has 1 N–H and O–H groups in total. The fraction of sp³-hybridized carbons (Fsp3) is 0.591. The summed E-state index contributed by atoms with van der Waals surface area (Å²) in [5, 5.41) is 4.11. The molecule has 4 heteroatoms. The predicted octanol–water partition coefficient (Wildman–Crippen LogP) is 4.70. The maximum absolute atomic E-state index is 13.3. The number of benzene rings is 1. The van der Waals surface area contributed by atoms with Crippen molar-refractivity contribution in [2.45, 2.75) is 63.8 Å². The Bertz CT molecular complexity index is 635. The summed E-state index contributed by atoms with van der Waals surface area (Å²) >= 11 is 6.05. The highest BCUT2D eigenvalue weighted by atomic mass is 35.5. The van der Waals surface area contributed by atoms with Gasteiger partial charge in [0.2, 0.25) is 5.91 Å². The molecule has 1 aliphatic heterocycles. The van der Waals surface area contributed by atoms with Gasteiger partial charge in [-0.3, -0.25) is 9.69 Å². The monoisotopic (exact) mass is 374 g/mol. The molecule has 3 rings (SSSR count). The Hall–Kier alpha value is -1.32. The number of nitrogens with zero attached hydrogens (tertiary/aromatic N) is 1. The molecule has 2 fully saturated rings. The van der Waals surface area contributed by atoms with Crippen molar-refractivity contribution in [1.29, 1.82) is 0 Å². The van der Waals surface area contributed by atoms with Crippen molar-refractivity contribution in [3.05, 3.63) is 46.5 Å². The molecule has 0 aromatic heterocycles. The number of halogens is 1. The van der Waals surface area contributed by atoms with Gasteiger partial charge in [0.05, 0.1) is 5.41 Å². The molecular formula is C22H31ClN2O. The summed E-state index contributed by atoms with van der Waals surface area (Å²) in [6, 6.07) is 8.19. The SMILES string of the molecule is CC(C)=CCN1CCC(NC(=O)C2(c3ccc(Cl)cc3)CCCC2)CC1. The highest BCUT2D eigenvalue weighted by Crippen LogP contribution is 2.42. The van der Waals surface area contributed by atoms with Crippen molar-refractivity contribution < 1.29 is 4.79 Å². The fourth-order valence-electron chi connectivity index (χ4n) is 4.29. The third-order valence-electron chi connectivity index (χ3n) is 5.97. The van der Waals surface area contributed by atoms with E-state index in [0.29, 0.717) is 6.04 Å². The van der Waals surface area contributed by atoms with E-state index < -0.39 is 0 Å². The molecule has 0 unspecified atom stereocenters. The minimum absolute atomic E-state index is 0.222. The molecular weight excluding hydrogens is 344 g/mol. The van der Waals surface area contributed by atoms with Crippen molar-refractivity contribution in [2.75, 3.05) is 19.6 Å². The topological polar surface area (TPSA) is 32.3 Å². The highest BCUT2D eigenvalue weighted by molar-refractivity contribution is 6.30. The summed E-state index contributed by atoms with van der Waals surface area (Å²) < 4.78 is 0. The maximum Gasteiger partial charge on any atom is 0.230 e. The molecule has 142 valence electrons. The number of piperidine rings is 1. The quantitative estimate of drug-likeness (QED) is 0.757. The van der Waals surface area contributed by atoms with E-state index in [9.17, 15) is 4.79 Å². The summed E-state index contributed by atoms with van der Waals surface area (Å²) in [4.78, 5) is 15.7. The summed E-state index contributed by atoms with van der Waals surface area (Å²) in [5.41, 5.74) is 2.13. The largest absolute Gasteiger partial charge is 0.353 e. The number of carbonyl (C=O) groups is 1. The van der Waals surface area contributed by atoms with Gasteiger partial charge in [-0.2, -0.15) is 0 Å². The number of carbonyl (C=O) groups excluding carboxylic acids is 1. The number of hydrogen-bond acceptors (Lipinski definition) is 2. The van der Waals surface area contributed by atoms with Crippen LogP contribution in [0.25, 0.3) is 0 Å². The van der Waals surface area contributed by atoms with E-state index in [1.807, 2.05) is 24.3 Å². The average Bonchev–Trinajstić information content (AvgIpc) is 3.13. The maximum atomic E-state index is 13.3. The molecule has 1 amide bonds. The van der Waals surface area contributed by atoms with Crippen LogP contribution in [-0.2, 0) is 10.2 Å². The summed E-state index contributed by atoms with van der Waals surface area (Å²) in [7, 11) is 0.